The SMILES string of the molecule is Cc1cc(N)cc(S(=O)(=O)N2CCOC(CO)C2)c1. The third-order valence-electron chi connectivity index (χ3n) is 3.02. The normalized spacial score (nSPS) is 21.5. The van der Waals surface area contributed by atoms with Crippen molar-refractivity contribution in [1.82, 2.24) is 4.31 Å². The van der Waals surface area contributed by atoms with Gasteiger partial charge in [0, 0.05) is 18.8 Å². The van der Waals surface area contributed by atoms with Crippen molar-refractivity contribution >= 4 is 15.7 Å². The molecule has 0 bridgehead atoms. The van der Waals surface area contributed by atoms with Crippen LogP contribution in [0.15, 0.2) is 23.1 Å². The molecule has 1 fully saturated rings. The van der Waals surface area contributed by atoms with Gasteiger partial charge in [0.05, 0.1) is 24.2 Å². The molecule has 0 saturated carbocycles. The van der Waals surface area contributed by atoms with Crippen LogP contribution in [-0.2, 0) is 14.8 Å². The highest BCUT2D eigenvalue weighted by Gasteiger charge is 2.30. The van der Waals surface area contributed by atoms with Crippen LogP contribution in [0, 0.1) is 6.92 Å². The van der Waals surface area contributed by atoms with Crippen molar-refractivity contribution in [3.05, 3.63) is 23.8 Å². The van der Waals surface area contributed by atoms with Crippen LogP contribution in [0.1, 0.15) is 5.56 Å². The minimum atomic E-state index is -3.59. The van der Waals surface area contributed by atoms with Crippen LogP contribution < -0.4 is 5.73 Å². The zero-order valence-electron chi connectivity index (χ0n) is 10.7. The highest BCUT2D eigenvalue weighted by molar-refractivity contribution is 7.89. The fourth-order valence-electron chi connectivity index (χ4n) is 2.10. The molecule has 3 N–H and O–H groups in total. The molecular weight excluding hydrogens is 268 g/mol. The molecule has 1 saturated heterocycles. The maximum atomic E-state index is 12.5. The monoisotopic (exact) mass is 286 g/mol. The number of nitrogens with two attached hydrogens (primary N) is 1. The van der Waals surface area contributed by atoms with Gasteiger partial charge in [-0.3, -0.25) is 0 Å². The fourth-order valence-corrected chi connectivity index (χ4v) is 3.69. The first-order valence-electron chi connectivity index (χ1n) is 6.03. The van der Waals surface area contributed by atoms with E-state index in [0.29, 0.717) is 5.69 Å². The largest absolute Gasteiger partial charge is 0.399 e. The van der Waals surface area contributed by atoms with Crippen molar-refractivity contribution in [3.8, 4) is 0 Å². The average molecular weight is 286 g/mol. The van der Waals surface area contributed by atoms with Crippen LogP contribution in [0.2, 0.25) is 0 Å². The molecule has 7 heteroatoms. The van der Waals surface area contributed by atoms with Gasteiger partial charge >= 0.3 is 0 Å². The number of aliphatic hydroxyl groups excluding tert-OH is 1. The van der Waals surface area contributed by atoms with E-state index in [4.69, 9.17) is 15.6 Å². The first-order chi connectivity index (χ1) is 8.93. The van der Waals surface area contributed by atoms with Crippen LogP contribution in [0.25, 0.3) is 0 Å². The van der Waals surface area contributed by atoms with E-state index in [1.54, 1.807) is 19.1 Å². The van der Waals surface area contributed by atoms with Gasteiger partial charge in [0.25, 0.3) is 0 Å². The summed E-state index contributed by atoms with van der Waals surface area (Å²) in [4.78, 5) is 0.184. The summed E-state index contributed by atoms with van der Waals surface area (Å²) in [6.45, 7) is 2.33. The van der Waals surface area contributed by atoms with Crippen LogP contribution in [0.4, 0.5) is 5.69 Å². The molecular formula is C12H18N2O4S. The Kier molecular flexibility index (Phi) is 4.10. The molecule has 1 atom stereocenters. The number of ether oxygens (including phenoxy) is 1. The van der Waals surface area contributed by atoms with Crippen LogP contribution in [0.5, 0.6) is 0 Å². The number of rotatable bonds is 3. The first-order valence-corrected chi connectivity index (χ1v) is 7.47. The Morgan fingerprint density at radius 2 is 2.21 bits per heavy atom. The Morgan fingerprint density at radius 3 is 2.84 bits per heavy atom. The topological polar surface area (TPSA) is 92.9 Å². The second-order valence-electron chi connectivity index (χ2n) is 4.62. The zero-order valence-corrected chi connectivity index (χ0v) is 11.6. The van der Waals surface area contributed by atoms with Crippen LogP contribution in [-0.4, -0.2) is 50.2 Å². The second kappa shape index (κ2) is 5.46. The van der Waals surface area contributed by atoms with Gasteiger partial charge in [-0.1, -0.05) is 0 Å². The van der Waals surface area contributed by atoms with Gasteiger partial charge < -0.3 is 15.6 Å². The Labute approximate surface area is 112 Å². The summed E-state index contributed by atoms with van der Waals surface area (Å²) in [5, 5.41) is 9.07. The molecule has 0 spiro atoms. The number of nitrogens with zero attached hydrogens (tertiary/aromatic N) is 1. The predicted octanol–water partition coefficient (Wildman–Crippen LogP) is -0.0410. The summed E-state index contributed by atoms with van der Waals surface area (Å²) in [6.07, 6.45) is -0.467. The number of hydrogen-bond donors (Lipinski definition) is 2. The minimum Gasteiger partial charge on any atom is -0.399 e. The number of hydrogen-bond acceptors (Lipinski definition) is 5. The zero-order chi connectivity index (χ0) is 14.0. The number of anilines is 1. The van der Waals surface area contributed by atoms with E-state index >= 15 is 0 Å². The van der Waals surface area contributed by atoms with Gasteiger partial charge in [-0.25, -0.2) is 8.42 Å². The summed E-state index contributed by atoms with van der Waals surface area (Å²) >= 11 is 0. The molecule has 0 amide bonds. The molecule has 0 aromatic heterocycles. The average Bonchev–Trinajstić information content (AvgIpc) is 2.37. The van der Waals surface area contributed by atoms with E-state index < -0.39 is 16.1 Å². The van der Waals surface area contributed by atoms with E-state index in [9.17, 15) is 8.42 Å². The first kappa shape index (κ1) is 14.3. The Hall–Kier alpha value is -1.15. The molecule has 6 nitrogen and oxygen atoms in total. The summed E-state index contributed by atoms with van der Waals surface area (Å²) < 4.78 is 31.6. The number of sulfonamides is 1. The number of morpholine rings is 1. The number of aryl methyl sites for hydroxylation is 1. The van der Waals surface area contributed by atoms with Gasteiger partial charge in [0.2, 0.25) is 10.0 Å². The highest BCUT2D eigenvalue weighted by atomic mass is 32.2. The van der Waals surface area contributed by atoms with Crippen molar-refractivity contribution in [2.75, 3.05) is 32.0 Å². The quantitative estimate of drug-likeness (QED) is 0.761. The molecule has 0 aliphatic carbocycles. The number of aliphatic hydroxyl groups is 1. The molecule has 2 rings (SSSR count). The number of nitrogen functional groups attached to an aromatic ring is 1. The molecule has 1 aromatic rings. The van der Waals surface area contributed by atoms with Crippen molar-refractivity contribution in [2.45, 2.75) is 17.9 Å². The summed E-state index contributed by atoms with van der Waals surface area (Å²) in [6, 6.07) is 4.76. The fraction of sp³-hybridized carbons (Fsp3) is 0.500. The molecule has 0 radical (unpaired) electrons. The Morgan fingerprint density at radius 1 is 1.47 bits per heavy atom. The maximum Gasteiger partial charge on any atom is 0.243 e. The van der Waals surface area contributed by atoms with Crippen molar-refractivity contribution in [2.24, 2.45) is 0 Å². The van der Waals surface area contributed by atoms with Gasteiger partial charge in [-0.05, 0) is 30.7 Å². The van der Waals surface area contributed by atoms with Crippen LogP contribution >= 0.6 is 0 Å². The van der Waals surface area contributed by atoms with Gasteiger partial charge in [0.15, 0.2) is 0 Å². The van der Waals surface area contributed by atoms with Crippen molar-refractivity contribution < 1.29 is 18.3 Å². The lowest BCUT2D eigenvalue weighted by molar-refractivity contribution is -0.0304. The smallest absolute Gasteiger partial charge is 0.243 e. The van der Waals surface area contributed by atoms with E-state index in [-0.39, 0.29) is 31.2 Å². The number of benzene rings is 1. The third kappa shape index (κ3) is 3.06. The van der Waals surface area contributed by atoms with Gasteiger partial charge in [0.1, 0.15) is 0 Å². The van der Waals surface area contributed by atoms with E-state index in [0.717, 1.165) is 5.56 Å². The van der Waals surface area contributed by atoms with Gasteiger partial charge in [-0.2, -0.15) is 4.31 Å². The Balaban J connectivity index is 2.31. The molecule has 1 aliphatic heterocycles. The van der Waals surface area contributed by atoms with E-state index in [2.05, 4.69) is 0 Å². The summed E-state index contributed by atoms with van der Waals surface area (Å²) in [7, 11) is -3.59. The van der Waals surface area contributed by atoms with E-state index in [1.807, 2.05) is 0 Å². The van der Waals surface area contributed by atoms with Gasteiger partial charge in [-0.15, -0.1) is 0 Å². The van der Waals surface area contributed by atoms with Crippen molar-refractivity contribution in [3.63, 3.8) is 0 Å². The summed E-state index contributed by atoms with van der Waals surface area (Å²) in [5.41, 5.74) is 6.91. The Bertz CT molecular complexity index is 539. The molecule has 1 heterocycles. The standard InChI is InChI=1S/C12H18N2O4S/c1-9-4-10(13)6-12(5-9)19(16,17)14-2-3-18-11(7-14)8-15/h4-6,11,15H,2-3,7-8,13H2,1H3. The third-order valence-corrected chi connectivity index (χ3v) is 4.86. The molecule has 106 valence electrons. The predicted molar refractivity (Wildman–Crippen MR) is 71.2 cm³/mol. The highest BCUT2D eigenvalue weighted by Crippen LogP contribution is 2.22. The lowest BCUT2D eigenvalue weighted by atomic mass is 10.2. The molecule has 1 aliphatic rings. The summed E-state index contributed by atoms with van der Waals surface area (Å²) in [5.74, 6) is 0. The maximum absolute atomic E-state index is 12.5. The molecule has 19 heavy (non-hydrogen) atoms. The van der Waals surface area contributed by atoms with Crippen molar-refractivity contribution in [1.29, 1.82) is 0 Å². The van der Waals surface area contributed by atoms with Crippen LogP contribution in [0.3, 0.4) is 0 Å². The molecule has 1 unspecified atom stereocenters. The lowest BCUT2D eigenvalue weighted by Gasteiger charge is -2.31. The lowest BCUT2D eigenvalue weighted by Crippen LogP contribution is -2.46. The second-order valence-corrected chi connectivity index (χ2v) is 6.56. The minimum absolute atomic E-state index is 0.159. The van der Waals surface area contributed by atoms with E-state index in [1.165, 1.54) is 10.4 Å². The molecule has 1 aromatic carbocycles.